The summed E-state index contributed by atoms with van der Waals surface area (Å²) in [4.78, 5) is 14.6. The highest BCUT2D eigenvalue weighted by Gasteiger charge is 2.03. The number of nitrogens with one attached hydrogen (secondary N) is 2. The minimum Gasteiger partial charge on any atom is -0.367 e. The molecule has 2 N–H and O–H groups in total. The lowest BCUT2D eigenvalue weighted by atomic mass is 10.2. The van der Waals surface area contributed by atoms with Crippen LogP contribution >= 0.6 is 0 Å². The molecule has 1 amide bonds. The van der Waals surface area contributed by atoms with E-state index in [1.807, 2.05) is 49.6 Å². The van der Waals surface area contributed by atoms with Crippen LogP contribution in [0.3, 0.4) is 0 Å². The number of amides is 1. The first-order valence-electron chi connectivity index (χ1n) is 5.22. The van der Waals surface area contributed by atoms with Crippen LogP contribution in [0.1, 0.15) is 11.1 Å². The van der Waals surface area contributed by atoms with Crippen molar-refractivity contribution in [3.63, 3.8) is 0 Å². The van der Waals surface area contributed by atoms with Gasteiger partial charge in [0, 0.05) is 18.1 Å². The number of carbonyl (C=O) groups is 1. The molecule has 2 aromatic rings. The molecule has 82 valence electrons. The lowest BCUT2D eigenvalue weighted by Crippen LogP contribution is -2.13. The molecule has 0 aliphatic rings. The second kappa shape index (κ2) is 4.66. The topological polar surface area (TPSA) is 44.9 Å². The fraction of sp³-hybridized carbons (Fsp3) is 0.154. The highest BCUT2D eigenvalue weighted by molar-refractivity contribution is 5.92. The van der Waals surface area contributed by atoms with Gasteiger partial charge in [0.15, 0.2) is 0 Å². The van der Waals surface area contributed by atoms with Crippen LogP contribution < -0.4 is 5.32 Å². The van der Waals surface area contributed by atoms with Gasteiger partial charge in [-0.25, -0.2) is 0 Å². The average Bonchev–Trinajstić information content (AvgIpc) is 2.74. The fourth-order valence-corrected chi connectivity index (χ4v) is 1.50. The smallest absolute Gasteiger partial charge is 0.228 e. The molecule has 16 heavy (non-hydrogen) atoms. The summed E-state index contributed by atoms with van der Waals surface area (Å²) >= 11 is 0. The number of aryl methyl sites for hydroxylation is 1. The predicted molar refractivity (Wildman–Crippen MR) is 64.3 cm³/mol. The molecular weight excluding hydrogens is 200 g/mol. The molecule has 0 atom stereocenters. The van der Waals surface area contributed by atoms with Gasteiger partial charge in [0.1, 0.15) is 0 Å². The summed E-state index contributed by atoms with van der Waals surface area (Å²) in [5, 5.41) is 2.85. The summed E-state index contributed by atoms with van der Waals surface area (Å²) in [6, 6.07) is 9.67. The third kappa shape index (κ3) is 2.73. The summed E-state index contributed by atoms with van der Waals surface area (Å²) in [6.07, 6.45) is 4.04. The van der Waals surface area contributed by atoms with Crippen molar-refractivity contribution in [1.29, 1.82) is 0 Å². The molecule has 1 heterocycles. The Hall–Kier alpha value is -2.03. The molecule has 0 aliphatic carbocycles. The van der Waals surface area contributed by atoms with Crippen LogP contribution in [0.25, 0.3) is 0 Å². The van der Waals surface area contributed by atoms with E-state index in [1.54, 1.807) is 0 Å². The molecule has 0 saturated heterocycles. The van der Waals surface area contributed by atoms with Gasteiger partial charge in [-0.15, -0.1) is 0 Å². The van der Waals surface area contributed by atoms with Gasteiger partial charge >= 0.3 is 0 Å². The second-order valence-electron chi connectivity index (χ2n) is 3.81. The van der Waals surface area contributed by atoms with E-state index < -0.39 is 0 Å². The molecule has 1 aromatic heterocycles. The van der Waals surface area contributed by atoms with Crippen molar-refractivity contribution in [1.82, 2.24) is 4.98 Å². The van der Waals surface area contributed by atoms with E-state index >= 15 is 0 Å². The number of aromatic amines is 1. The quantitative estimate of drug-likeness (QED) is 0.810. The number of rotatable bonds is 3. The van der Waals surface area contributed by atoms with Crippen molar-refractivity contribution in [2.45, 2.75) is 13.3 Å². The molecule has 0 fully saturated rings. The SMILES string of the molecule is Cc1ccc(NC(=O)Cc2cc[nH]c2)cc1. The van der Waals surface area contributed by atoms with Crippen molar-refractivity contribution in [3.05, 3.63) is 53.9 Å². The molecule has 0 spiro atoms. The van der Waals surface area contributed by atoms with Crippen molar-refractivity contribution in [2.24, 2.45) is 0 Å². The van der Waals surface area contributed by atoms with Gasteiger partial charge in [-0.1, -0.05) is 17.7 Å². The Kier molecular flexibility index (Phi) is 3.05. The van der Waals surface area contributed by atoms with Crippen LogP contribution in [0.15, 0.2) is 42.7 Å². The Morgan fingerprint density at radius 1 is 1.25 bits per heavy atom. The fourth-order valence-electron chi connectivity index (χ4n) is 1.50. The minimum atomic E-state index is 0.00320. The maximum atomic E-state index is 11.6. The normalized spacial score (nSPS) is 10.1. The Morgan fingerprint density at radius 3 is 2.62 bits per heavy atom. The molecule has 3 heteroatoms. The summed E-state index contributed by atoms with van der Waals surface area (Å²) in [5.41, 5.74) is 3.01. The summed E-state index contributed by atoms with van der Waals surface area (Å²) in [6.45, 7) is 2.02. The lowest BCUT2D eigenvalue weighted by Gasteiger charge is -2.04. The van der Waals surface area contributed by atoms with Crippen LogP contribution in [0.5, 0.6) is 0 Å². The van der Waals surface area contributed by atoms with Gasteiger partial charge in [0.05, 0.1) is 6.42 Å². The number of hydrogen-bond donors (Lipinski definition) is 2. The number of carbonyl (C=O) groups excluding carboxylic acids is 1. The Bertz CT molecular complexity index is 457. The Balaban J connectivity index is 1.95. The zero-order chi connectivity index (χ0) is 11.4. The molecule has 0 radical (unpaired) electrons. The van der Waals surface area contributed by atoms with Crippen molar-refractivity contribution >= 4 is 11.6 Å². The highest BCUT2D eigenvalue weighted by Crippen LogP contribution is 2.09. The largest absolute Gasteiger partial charge is 0.367 e. The Labute approximate surface area is 94.5 Å². The van der Waals surface area contributed by atoms with Crippen LogP contribution in [0.4, 0.5) is 5.69 Å². The maximum Gasteiger partial charge on any atom is 0.228 e. The standard InChI is InChI=1S/C13H14N2O/c1-10-2-4-12(5-3-10)15-13(16)8-11-6-7-14-9-11/h2-7,9,14H,8H2,1H3,(H,15,16). The molecule has 0 saturated carbocycles. The lowest BCUT2D eigenvalue weighted by molar-refractivity contribution is -0.115. The number of anilines is 1. The third-order valence-electron chi connectivity index (χ3n) is 2.36. The zero-order valence-corrected chi connectivity index (χ0v) is 9.16. The van der Waals surface area contributed by atoms with E-state index in [-0.39, 0.29) is 5.91 Å². The van der Waals surface area contributed by atoms with E-state index in [0.29, 0.717) is 6.42 Å². The van der Waals surface area contributed by atoms with Crippen LogP contribution in [0, 0.1) is 6.92 Å². The van der Waals surface area contributed by atoms with Gasteiger partial charge < -0.3 is 10.3 Å². The molecule has 0 aliphatic heterocycles. The zero-order valence-electron chi connectivity index (χ0n) is 9.16. The first-order chi connectivity index (χ1) is 7.74. The van der Waals surface area contributed by atoms with Gasteiger partial charge in [-0.3, -0.25) is 4.79 Å². The Morgan fingerprint density at radius 2 is 2.00 bits per heavy atom. The summed E-state index contributed by atoms with van der Waals surface area (Å²) < 4.78 is 0. The number of H-pyrrole nitrogens is 1. The second-order valence-corrected chi connectivity index (χ2v) is 3.81. The van der Waals surface area contributed by atoms with Crippen molar-refractivity contribution in [2.75, 3.05) is 5.32 Å². The van der Waals surface area contributed by atoms with E-state index in [9.17, 15) is 4.79 Å². The van der Waals surface area contributed by atoms with Gasteiger partial charge in [0.25, 0.3) is 0 Å². The molecule has 3 nitrogen and oxygen atoms in total. The number of hydrogen-bond acceptors (Lipinski definition) is 1. The highest BCUT2D eigenvalue weighted by atomic mass is 16.1. The van der Waals surface area contributed by atoms with E-state index in [1.165, 1.54) is 5.56 Å². The maximum absolute atomic E-state index is 11.6. The first-order valence-corrected chi connectivity index (χ1v) is 5.22. The minimum absolute atomic E-state index is 0.00320. The van der Waals surface area contributed by atoms with Crippen molar-refractivity contribution < 1.29 is 4.79 Å². The van der Waals surface area contributed by atoms with Gasteiger partial charge in [0.2, 0.25) is 5.91 Å². The molecule has 0 bridgehead atoms. The number of benzene rings is 1. The van der Waals surface area contributed by atoms with Crippen LogP contribution in [0.2, 0.25) is 0 Å². The predicted octanol–water partition coefficient (Wildman–Crippen LogP) is 2.50. The molecule has 0 unspecified atom stereocenters. The van der Waals surface area contributed by atoms with Gasteiger partial charge in [-0.2, -0.15) is 0 Å². The summed E-state index contributed by atoms with van der Waals surface area (Å²) in [5.74, 6) is 0.00320. The molecule has 2 rings (SSSR count). The van der Waals surface area contributed by atoms with E-state index in [0.717, 1.165) is 11.3 Å². The third-order valence-corrected chi connectivity index (χ3v) is 2.36. The van der Waals surface area contributed by atoms with Crippen LogP contribution in [-0.2, 0) is 11.2 Å². The van der Waals surface area contributed by atoms with Gasteiger partial charge in [-0.05, 0) is 30.7 Å². The van der Waals surface area contributed by atoms with Crippen molar-refractivity contribution in [3.8, 4) is 0 Å². The van der Waals surface area contributed by atoms with Crippen LogP contribution in [-0.4, -0.2) is 10.9 Å². The molecule has 1 aromatic carbocycles. The molecular formula is C13H14N2O. The number of aromatic nitrogens is 1. The summed E-state index contributed by atoms with van der Waals surface area (Å²) in [7, 11) is 0. The monoisotopic (exact) mass is 214 g/mol. The first kappa shape index (κ1) is 10.5. The van der Waals surface area contributed by atoms with E-state index in [4.69, 9.17) is 0 Å². The van der Waals surface area contributed by atoms with E-state index in [2.05, 4.69) is 10.3 Å². The average molecular weight is 214 g/mol.